The van der Waals surface area contributed by atoms with Crippen LogP contribution in [0, 0.1) is 17.0 Å². The standard InChI is InChI=1S/C20H24N5O7PS/c1-13(24(12-26)11-16-10-22-14(2)23-19(16)21)18(8-9-32-33(3,30)31)34-20(27)15-4-6-17(7-5-15)25(28)29/h4-7,10,12,30-31H,3,8-9,11H2,1-2H3,(H2,21,22,23)/b18-13-. The maximum absolute atomic E-state index is 12.8. The molecule has 12 nitrogen and oxygen atoms in total. The molecule has 0 saturated carbocycles. The normalized spacial score (nSPS) is 12.1. The Hall–Kier alpha value is -3.09. The largest absolute Gasteiger partial charge is 0.383 e. The summed E-state index contributed by atoms with van der Waals surface area (Å²) in [7, 11) is -3.75. The number of rotatable bonds is 11. The highest BCUT2D eigenvalue weighted by Crippen LogP contribution is 2.37. The minimum Gasteiger partial charge on any atom is -0.383 e. The number of carbonyl (C=O) groups excluding carboxylic acids is 2. The van der Waals surface area contributed by atoms with Crippen LogP contribution in [0.25, 0.3) is 0 Å². The van der Waals surface area contributed by atoms with E-state index >= 15 is 0 Å². The molecule has 182 valence electrons. The van der Waals surface area contributed by atoms with Gasteiger partial charge in [0.15, 0.2) is 0 Å². The van der Waals surface area contributed by atoms with Crippen LogP contribution in [0.15, 0.2) is 41.1 Å². The second kappa shape index (κ2) is 11.9. The van der Waals surface area contributed by atoms with Crippen molar-refractivity contribution >= 4 is 48.7 Å². The number of nitrogen functional groups attached to an aromatic ring is 1. The van der Waals surface area contributed by atoms with Gasteiger partial charge in [-0.2, -0.15) is 0 Å². The Balaban J connectivity index is 2.33. The van der Waals surface area contributed by atoms with Gasteiger partial charge in [0.05, 0.1) is 18.1 Å². The van der Waals surface area contributed by atoms with Crippen LogP contribution in [0.1, 0.15) is 35.1 Å². The van der Waals surface area contributed by atoms with E-state index in [-0.39, 0.29) is 36.6 Å². The quantitative estimate of drug-likeness (QED) is 0.175. The molecule has 1 amide bonds. The summed E-state index contributed by atoms with van der Waals surface area (Å²) in [4.78, 5) is 63.6. The third-order valence-corrected chi connectivity index (χ3v) is 6.24. The molecular weight excluding hydrogens is 485 g/mol. The van der Waals surface area contributed by atoms with Crippen LogP contribution in [0.4, 0.5) is 11.5 Å². The Morgan fingerprint density at radius 2 is 2.03 bits per heavy atom. The van der Waals surface area contributed by atoms with Crippen LogP contribution in [-0.2, 0) is 15.9 Å². The number of benzene rings is 1. The summed E-state index contributed by atoms with van der Waals surface area (Å²) in [6, 6.07) is 5.08. The van der Waals surface area contributed by atoms with Gasteiger partial charge in [-0.1, -0.05) is 0 Å². The molecule has 4 N–H and O–H groups in total. The first-order valence-corrected chi connectivity index (χ1v) is 12.3. The van der Waals surface area contributed by atoms with Crippen molar-refractivity contribution in [3.63, 3.8) is 0 Å². The lowest BCUT2D eigenvalue weighted by Crippen LogP contribution is -2.22. The fraction of sp³-hybridized carbons (Fsp3) is 0.250. The number of aromatic nitrogens is 2. The van der Waals surface area contributed by atoms with Gasteiger partial charge < -0.3 is 24.9 Å². The number of nitro benzene ring substituents is 1. The lowest BCUT2D eigenvalue weighted by Gasteiger charge is -2.22. The Morgan fingerprint density at radius 1 is 1.38 bits per heavy atom. The third-order valence-electron chi connectivity index (χ3n) is 4.48. The zero-order chi connectivity index (χ0) is 25.5. The predicted molar refractivity (Wildman–Crippen MR) is 130 cm³/mol. The monoisotopic (exact) mass is 509 g/mol. The highest BCUT2D eigenvalue weighted by Gasteiger charge is 2.19. The summed E-state index contributed by atoms with van der Waals surface area (Å²) >= 11 is 0.788. The summed E-state index contributed by atoms with van der Waals surface area (Å²) < 4.78 is 4.93. The van der Waals surface area contributed by atoms with Crippen molar-refractivity contribution < 1.29 is 28.8 Å². The third kappa shape index (κ3) is 8.04. The first-order valence-electron chi connectivity index (χ1n) is 9.71. The van der Waals surface area contributed by atoms with Crippen LogP contribution in [0.5, 0.6) is 0 Å². The van der Waals surface area contributed by atoms with Gasteiger partial charge >= 0.3 is 0 Å². The molecule has 0 aliphatic carbocycles. The topological polar surface area (TPSA) is 182 Å². The summed E-state index contributed by atoms with van der Waals surface area (Å²) in [6.07, 6.45) is 5.24. The Kier molecular flexibility index (Phi) is 9.47. The molecule has 2 rings (SSSR count). The summed E-state index contributed by atoms with van der Waals surface area (Å²) in [5, 5.41) is 10.4. The highest BCUT2D eigenvalue weighted by molar-refractivity contribution is 8.17. The van der Waals surface area contributed by atoms with Gasteiger partial charge in [-0.25, -0.2) is 9.97 Å². The molecule has 14 heteroatoms. The van der Waals surface area contributed by atoms with E-state index in [1.54, 1.807) is 13.8 Å². The van der Waals surface area contributed by atoms with E-state index < -0.39 is 17.6 Å². The fourth-order valence-electron chi connectivity index (χ4n) is 2.69. The van der Waals surface area contributed by atoms with Crippen LogP contribution >= 0.6 is 19.3 Å². The van der Waals surface area contributed by atoms with Crippen molar-refractivity contribution in [2.45, 2.75) is 26.8 Å². The molecule has 0 atom stereocenters. The van der Waals surface area contributed by atoms with Gasteiger partial charge in [0.25, 0.3) is 5.69 Å². The minimum absolute atomic E-state index is 0.0321. The molecule has 34 heavy (non-hydrogen) atoms. The van der Waals surface area contributed by atoms with Crippen molar-refractivity contribution in [3.05, 3.63) is 68.1 Å². The van der Waals surface area contributed by atoms with Crippen LogP contribution < -0.4 is 5.73 Å². The highest BCUT2D eigenvalue weighted by atomic mass is 32.2. The van der Waals surface area contributed by atoms with E-state index in [1.165, 1.54) is 35.4 Å². The first kappa shape index (κ1) is 27.2. The average molecular weight is 509 g/mol. The maximum atomic E-state index is 12.8. The zero-order valence-electron chi connectivity index (χ0n) is 18.4. The number of nitrogens with zero attached hydrogens (tertiary/aromatic N) is 4. The van der Waals surface area contributed by atoms with E-state index in [0.717, 1.165) is 11.8 Å². The van der Waals surface area contributed by atoms with Gasteiger partial charge in [0, 0.05) is 46.5 Å². The molecule has 0 aliphatic heterocycles. The lowest BCUT2D eigenvalue weighted by atomic mass is 10.2. The van der Waals surface area contributed by atoms with E-state index in [1.807, 2.05) is 0 Å². The first-order chi connectivity index (χ1) is 15.9. The molecule has 0 bridgehead atoms. The number of hydrogen-bond donors (Lipinski definition) is 3. The van der Waals surface area contributed by atoms with Crippen molar-refractivity contribution in [1.29, 1.82) is 0 Å². The fourth-order valence-corrected chi connectivity index (χ4v) is 4.01. The van der Waals surface area contributed by atoms with Crippen molar-refractivity contribution in [2.24, 2.45) is 0 Å². The smallest absolute Gasteiger partial charge is 0.269 e. The van der Waals surface area contributed by atoms with Crippen molar-refractivity contribution in [3.8, 4) is 0 Å². The molecule has 1 heterocycles. The number of thioether (sulfide) groups is 1. The summed E-state index contributed by atoms with van der Waals surface area (Å²) in [5.74, 6) is 0.681. The molecule has 2 aromatic rings. The van der Waals surface area contributed by atoms with E-state index in [2.05, 4.69) is 16.3 Å². The second-order valence-corrected chi connectivity index (χ2v) is 9.67. The van der Waals surface area contributed by atoms with E-state index in [4.69, 9.17) is 10.3 Å². The molecule has 0 unspecified atom stereocenters. The maximum Gasteiger partial charge on any atom is 0.269 e. The molecule has 0 saturated heterocycles. The van der Waals surface area contributed by atoms with Crippen LogP contribution in [-0.4, -0.2) is 54.0 Å². The van der Waals surface area contributed by atoms with E-state index in [9.17, 15) is 29.5 Å². The number of hydrogen-bond acceptors (Lipinski definition) is 11. The summed E-state index contributed by atoms with van der Waals surface area (Å²) in [5.41, 5.74) is 6.86. The van der Waals surface area contributed by atoms with Gasteiger partial charge in [-0.05, 0) is 44.0 Å². The number of nitrogens with two attached hydrogens (primary N) is 1. The molecule has 0 spiro atoms. The van der Waals surface area contributed by atoms with Gasteiger partial charge in [0.1, 0.15) is 11.6 Å². The second-order valence-electron chi connectivity index (χ2n) is 7.01. The predicted octanol–water partition coefficient (Wildman–Crippen LogP) is 2.62. The Labute approximate surface area is 199 Å². The number of non-ortho nitro benzene ring substituents is 1. The number of anilines is 1. The van der Waals surface area contributed by atoms with E-state index in [0.29, 0.717) is 28.4 Å². The number of aryl methyl sites for hydroxylation is 1. The Morgan fingerprint density at radius 3 is 2.56 bits per heavy atom. The summed E-state index contributed by atoms with van der Waals surface area (Å²) in [6.45, 7) is 3.13. The number of allylic oxidation sites excluding steroid dienone is 1. The van der Waals surface area contributed by atoms with Crippen LogP contribution in [0.3, 0.4) is 0 Å². The van der Waals surface area contributed by atoms with Crippen molar-refractivity contribution in [1.82, 2.24) is 14.9 Å². The molecule has 1 aromatic heterocycles. The lowest BCUT2D eigenvalue weighted by molar-refractivity contribution is -0.384. The van der Waals surface area contributed by atoms with Gasteiger partial charge in [0.2, 0.25) is 19.1 Å². The molecule has 0 fully saturated rings. The Bertz CT molecular complexity index is 1150. The molecular formula is C20H24N5O7PS. The molecule has 1 aromatic carbocycles. The van der Waals surface area contributed by atoms with Crippen LogP contribution in [0.2, 0.25) is 0 Å². The number of nitro groups is 1. The zero-order valence-corrected chi connectivity index (χ0v) is 20.2. The van der Waals surface area contributed by atoms with Crippen molar-refractivity contribution in [2.75, 3.05) is 12.3 Å². The number of amides is 1. The molecule has 0 radical (unpaired) electrons. The van der Waals surface area contributed by atoms with Gasteiger partial charge in [-0.3, -0.25) is 19.7 Å². The molecule has 0 aliphatic rings. The minimum atomic E-state index is -3.75. The van der Waals surface area contributed by atoms with Gasteiger partial charge in [-0.15, -0.1) is 0 Å². The average Bonchev–Trinajstić information content (AvgIpc) is 2.76. The number of carbonyl (C=O) groups is 2. The SMILES string of the molecule is C=P(O)(O)OCC/C(SC(=O)c1ccc([N+](=O)[O-])cc1)=C(\C)N(C=O)Cc1cnc(C)nc1N.